The SMILES string of the molecule is O=C(O)C1OC(Oc2cc3ccccc3cc2O)C(O)C(O)C1O. The number of benzene rings is 2. The molecule has 5 unspecified atom stereocenters. The summed E-state index contributed by atoms with van der Waals surface area (Å²) in [6, 6.07) is 10.1. The summed E-state index contributed by atoms with van der Waals surface area (Å²) in [5.74, 6) is -1.80. The maximum Gasteiger partial charge on any atom is 0.335 e. The predicted molar refractivity (Wildman–Crippen MR) is 80.6 cm³/mol. The summed E-state index contributed by atoms with van der Waals surface area (Å²) in [5.41, 5.74) is 0. The normalized spacial score (nSPS) is 30.2. The van der Waals surface area contributed by atoms with Crippen molar-refractivity contribution in [3.63, 3.8) is 0 Å². The molecule has 5 atom stereocenters. The summed E-state index contributed by atoms with van der Waals surface area (Å²) in [7, 11) is 0. The number of phenolic OH excluding ortho intramolecular Hbond substituents is 1. The Morgan fingerprint density at radius 3 is 2.25 bits per heavy atom. The molecule has 2 aromatic carbocycles. The number of aliphatic hydroxyl groups excluding tert-OH is 3. The zero-order valence-corrected chi connectivity index (χ0v) is 12.3. The quantitative estimate of drug-likeness (QED) is 0.520. The molecule has 1 saturated heterocycles. The number of aliphatic hydroxyl groups is 3. The molecule has 1 heterocycles. The molecule has 8 heteroatoms. The van der Waals surface area contributed by atoms with E-state index in [-0.39, 0.29) is 11.5 Å². The van der Waals surface area contributed by atoms with Gasteiger partial charge < -0.3 is 35.0 Å². The van der Waals surface area contributed by atoms with Gasteiger partial charge in [0.1, 0.15) is 18.3 Å². The minimum atomic E-state index is -1.80. The van der Waals surface area contributed by atoms with Crippen LogP contribution in [0.15, 0.2) is 36.4 Å². The zero-order chi connectivity index (χ0) is 17.4. The third-order valence-corrected chi connectivity index (χ3v) is 3.88. The highest BCUT2D eigenvalue weighted by Crippen LogP contribution is 2.34. The Balaban J connectivity index is 1.89. The van der Waals surface area contributed by atoms with Gasteiger partial charge in [0.05, 0.1) is 0 Å². The highest BCUT2D eigenvalue weighted by Gasteiger charge is 2.48. The Morgan fingerprint density at radius 1 is 1.00 bits per heavy atom. The van der Waals surface area contributed by atoms with E-state index in [0.717, 1.165) is 10.8 Å². The van der Waals surface area contributed by atoms with Crippen molar-refractivity contribution in [2.24, 2.45) is 0 Å². The molecule has 24 heavy (non-hydrogen) atoms. The molecule has 0 aliphatic carbocycles. The minimum Gasteiger partial charge on any atom is -0.504 e. The summed E-state index contributed by atoms with van der Waals surface area (Å²) in [6.07, 6.45) is -8.61. The van der Waals surface area contributed by atoms with Crippen LogP contribution in [0, 0.1) is 0 Å². The van der Waals surface area contributed by atoms with Gasteiger partial charge in [-0.15, -0.1) is 0 Å². The van der Waals surface area contributed by atoms with Crippen LogP contribution in [-0.2, 0) is 9.53 Å². The molecule has 0 aromatic heterocycles. The Bertz CT molecular complexity index is 761. The van der Waals surface area contributed by atoms with Crippen LogP contribution < -0.4 is 4.74 Å². The van der Waals surface area contributed by atoms with Crippen LogP contribution >= 0.6 is 0 Å². The topological polar surface area (TPSA) is 137 Å². The van der Waals surface area contributed by atoms with Crippen LogP contribution in [0.1, 0.15) is 0 Å². The van der Waals surface area contributed by atoms with E-state index >= 15 is 0 Å². The first-order valence-electron chi connectivity index (χ1n) is 7.19. The van der Waals surface area contributed by atoms with Crippen LogP contribution in [0.3, 0.4) is 0 Å². The number of aromatic hydroxyl groups is 1. The maximum atomic E-state index is 11.1. The van der Waals surface area contributed by atoms with E-state index in [1.807, 2.05) is 0 Å². The number of carboxylic acids is 1. The van der Waals surface area contributed by atoms with E-state index in [1.54, 1.807) is 24.3 Å². The Hall–Kier alpha value is -2.39. The largest absolute Gasteiger partial charge is 0.504 e. The lowest BCUT2D eigenvalue weighted by atomic mass is 9.99. The van der Waals surface area contributed by atoms with Crippen molar-refractivity contribution in [1.29, 1.82) is 0 Å². The molecular formula is C16H16O8. The molecule has 1 aliphatic rings. The Kier molecular flexibility index (Phi) is 4.29. The number of ether oxygens (including phenoxy) is 2. The van der Waals surface area contributed by atoms with E-state index in [2.05, 4.69) is 0 Å². The summed E-state index contributed by atoms with van der Waals surface area (Å²) >= 11 is 0. The summed E-state index contributed by atoms with van der Waals surface area (Å²) in [4.78, 5) is 11.1. The molecule has 128 valence electrons. The number of fused-ring (bicyclic) bond motifs is 1. The fourth-order valence-electron chi connectivity index (χ4n) is 2.58. The smallest absolute Gasteiger partial charge is 0.335 e. The van der Waals surface area contributed by atoms with E-state index in [0.29, 0.717) is 0 Å². The highest BCUT2D eigenvalue weighted by atomic mass is 16.7. The number of phenols is 1. The van der Waals surface area contributed by atoms with Gasteiger partial charge in [-0.3, -0.25) is 0 Å². The molecule has 1 aliphatic heterocycles. The summed E-state index contributed by atoms with van der Waals surface area (Å²) in [5, 5.41) is 49.9. The standard InChI is InChI=1S/C16H16O8/c17-9-5-7-3-1-2-4-8(7)6-10(9)23-16-13(20)11(18)12(19)14(24-16)15(21)22/h1-6,11-14,16-20H,(H,21,22). The first-order chi connectivity index (χ1) is 11.4. The lowest BCUT2D eigenvalue weighted by Crippen LogP contribution is -2.61. The maximum absolute atomic E-state index is 11.1. The van der Waals surface area contributed by atoms with Gasteiger partial charge in [0, 0.05) is 0 Å². The van der Waals surface area contributed by atoms with Gasteiger partial charge in [-0.2, -0.15) is 0 Å². The number of rotatable bonds is 3. The third-order valence-electron chi connectivity index (χ3n) is 3.88. The molecule has 8 nitrogen and oxygen atoms in total. The predicted octanol–water partition coefficient (Wildman–Crippen LogP) is -0.184. The van der Waals surface area contributed by atoms with Crippen molar-refractivity contribution >= 4 is 16.7 Å². The van der Waals surface area contributed by atoms with Crippen LogP contribution in [0.4, 0.5) is 0 Å². The van der Waals surface area contributed by atoms with Crippen LogP contribution in [0.2, 0.25) is 0 Å². The number of carbonyl (C=O) groups is 1. The average molecular weight is 336 g/mol. The van der Waals surface area contributed by atoms with Crippen molar-refractivity contribution in [3.8, 4) is 11.5 Å². The van der Waals surface area contributed by atoms with Crippen molar-refractivity contribution < 1.29 is 39.8 Å². The molecule has 3 rings (SSSR count). The van der Waals surface area contributed by atoms with Gasteiger partial charge in [-0.25, -0.2) is 4.79 Å². The van der Waals surface area contributed by atoms with Crippen molar-refractivity contribution in [2.45, 2.75) is 30.7 Å². The molecule has 0 saturated carbocycles. The van der Waals surface area contributed by atoms with E-state index in [9.17, 15) is 25.2 Å². The third kappa shape index (κ3) is 2.87. The number of hydrogen-bond donors (Lipinski definition) is 5. The van der Waals surface area contributed by atoms with Crippen molar-refractivity contribution in [3.05, 3.63) is 36.4 Å². The second-order valence-corrected chi connectivity index (χ2v) is 5.52. The average Bonchev–Trinajstić information content (AvgIpc) is 2.55. The lowest BCUT2D eigenvalue weighted by Gasteiger charge is -2.38. The molecule has 0 radical (unpaired) electrons. The number of hydrogen-bond acceptors (Lipinski definition) is 7. The van der Waals surface area contributed by atoms with Crippen LogP contribution in [-0.4, -0.2) is 62.2 Å². The molecule has 0 bridgehead atoms. The second-order valence-electron chi connectivity index (χ2n) is 5.52. The van der Waals surface area contributed by atoms with Crippen LogP contribution in [0.5, 0.6) is 11.5 Å². The monoisotopic (exact) mass is 336 g/mol. The summed E-state index contributed by atoms with van der Waals surface area (Å²) in [6.45, 7) is 0. The Labute approximate surface area is 136 Å². The molecule has 1 fully saturated rings. The van der Waals surface area contributed by atoms with Gasteiger partial charge >= 0.3 is 5.97 Å². The molecule has 0 amide bonds. The zero-order valence-electron chi connectivity index (χ0n) is 12.3. The molecule has 0 spiro atoms. The molecule has 5 N–H and O–H groups in total. The second kappa shape index (κ2) is 6.25. The number of carboxylic acid groups (broad SMARTS) is 1. The van der Waals surface area contributed by atoms with Gasteiger partial charge in [-0.1, -0.05) is 24.3 Å². The van der Waals surface area contributed by atoms with E-state index in [1.165, 1.54) is 12.1 Å². The van der Waals surface area contributed by atoms with E-state index < -0.39 is 36.7 Å². The summed E-state index contributed by atoms with van der Waals surface area (Å²) < 4.78 is 10.4. The van der Waals surface area contributed by atoms with Gasteiger partial charge in [0.2, 0.25) is 6.29 Å². The highest BCUT2D eigenvalue weighted by molar-refractivity contribution is 5.85. The van der Waals surface area contributed by atoms with Gasteiger partial charge in [-0.05, 0) is 22.9 Å². The minimum absolute atomic E-state index is 0.0505. The molecular weight excluding hydrogens is 320 g/mol. The van der Waals surface area contributed by atoms with Crippen LogP contribution in [0.25, 0.3) is 10.8 Å². The van der Waals surface area contributed by atoms with Crippen molar-refractivity contribution in [1.82, 2.24) is 0 Å². The fraction of sp³-hybridized carbons (Fsp3) is 0.312. The van der Waals surface area contributed by atoms with Gasteiger partial charge in [0.25, 0.3) is 0 Å². The first-order valence-corrected chi connectivity index (χ1v) is 7.19. The lowest BCUT2D eigenvalue weighted by molar-refractivity contribution is -0.271. The number of aliphatic carboxylic acids is 1. The fourth-order valence-corrected chi connectivity index (χ4v) is 2.58. The molecule has 2 aromatic rings. The van der Waals surface area contributed by atoms with Crippen molar-refractivity contribution in [2.75, 3.05) is 0 Å². The van der Waals surface area contributed by atoms with Gasteiger partial charge in [0.15, 0.2) is 17.6 Å². The van der Waals surface area contributed by atoms with E-state index in [4.69, 9.17) is 14.6 Å². The Morgan fingerprint density at radius 2 is 1.62 bits per heavy atom. The first kappa shape index (κ1) is 16.5.